The van der Waals surface area contributed by atoms with Gasteiger partial charge in [-0.05, 0) is 6.92 Å². The van der Waals surface area contributed by atoms with E-state index in [1.807, 2.05) is 0 Å². The minimum absolute atomic E-state index is 0. The molecule has 42 valence electrons. The molecule has 2 N–H and O–H groups in total. The van der Waals surface area contributed by atoms with E-state index < -0.39 is 5.97 Å². The Hall–Kier alpha value is -0.437. The smallest absolute Gasteiger partial charge is 0.353 e. The predicted molar refractivity (Wildman–Crippen MR) is 22.5 cm³/mol. The monoisotopic (exact) mass is 167 g/mol. The Labute approximate surface area is 59.0 Å². The van der Waals surface area contributed by atoms with Crippen molar-refractivity contribution >= 4 is 11.7 Å². The van der Waals surface area contributed by atoms with Crippen molar-refractivity contribution in [2.45, 2.75) is 6.92 Å². The van der Waals surface area contributed by atoms with Crippen LogP contribution in [0.1, 0.15) is 6.92 Å². The first-order valence-electron chi connectivity index (χ1n) is 1.60. The minimum Gasteiger partial charge on any atom is -0.477 e. The Morgan fingerprint density at radius 2 is 2.00 bits per heavy atom. The van der Waals surface area contributed by atoms with E-state index in [9.17, 15) is 4.79 Å². The van der Waals surface area contributed by atoms with Gasteiger partial charge in [0.1, 0.15) is 0 Å². The van der Waals surface area contributed by atoms with Gasteiger partial charge in [-0.3, -0.25) is 0 Å². The maximum atomic E-state index is 9.64. The Bertz CT molecular complexity index is 111. The molecule has 4 nitrogen and oxygen atoms in total. The van der Waals surface area contributed by atoms with E-state index in [1.165, 1.54) is 6.92 Å². The van der Waals surface area contributed by atoms with Gasteiger partial charge in [0, 0.05) is 19.5 Å². The van der Waals surface area contributed by atoms with Crippen LogP contribution in [-0.4, -0.2) is 22.0 Å². The topological polar surface area (TPSA) is 69.9 Å². The van der Waals surface area contributed by atoms with Crippen molar-refractivity contribution in [2.24, 2.45) is 5.16 Å². The Kier molecular flexibility index (Phi) is 6.21. The molecule has 5 heteroatoms. The van der Waals surface area contributed by atoms with Crippen molar-refractivity contribution in [3.8, 4) is 0 Å². The van der Waals surface area contributed by atoms with Gasteiger partial charge in [-0.1, -0.05) is 5.16 Å². The fourth-order valence-corrected chi connectivity index (χ4v) is 0.0428. The van der Waals surface area contributed by atoms with E-state index >= 15 is 0 Å². The summed E-state index contributed by atoms with van der Waals surface area (Å²) in [6.45, 7) is 1.20. The third-order valence-corrected chi connectivity index (χ3v) is 0.460. The zero-order valence-electron chi connectivity index (χ0n) is 4.46. The molecule has 0 heterocycles. The summed E-state index contributed by atoms with van der Waals surface area (Å²) in [5.74, 6) is -1.21. The van der Waals surface area contributed by atoms with Crippen molar-refractivity contribution < 1.29 is 34.6 Å². The van der Waals surface area contributed by atoms with Gasteiger partial charge >= 0.3 is 5.97 Å². The standard InChI is InChI=1S/C3H5NO3.Zn/c1-2(4-7)3(5)6;/h7H,1H3,(H,5,6);. The molecule has 0 unspecified atom stereocenters. The van der Waals surface area contributed by atoms with Gasteiger partial charge in [0.25, 0.3) is 0 Å². The molecule has 0 atom stereocenters. The van der Waals surface area contributed by atoms with E-state index in [2.05, 4.69) is 5.16 Å². The van der Waals surface area contributed by atoms with Gasteiger partial charge in [0.15, 0.2) is 5.71 Å². The molecule has 0 rings (SSSR count). The number of hydrogen-bond donors (Lipinski definition) is 2. The molecule has 0 saturated heterocycles. The Morgan fingerprint density at radius 1 is 1.62 bits per heavy atom. The summed E-state index contributed by atoms with van der Waals surface area (Å²) >= 11 is 0. The number of rotatable bonds is 1. The summed E-state index contributed by atoms with van der Waals surface area (Å²) in [4.78, 5) is 9.64. The minimum atomic E-state index is -1.21. The molecular weight excluding hydrogens is 163 g/mol. The van der Waals surface area contributed by atoms with Crippen LogP contribution in [0.5, 0.6) is 0 Å². The summed E-state index contributed by atoms with van der Waals surface area (Å²) < 4.78 is 0. The first kappa shape index (κ1) is 10.5. The molecule has 0 aromatic carbocycles. The first-order chi connectivity index (χ1) is 3.18. The van der Waals surface area contributed by atoms with E-state index in [0.717, 1.165) is 0 Å². The normalized spacial score (nSPS) is 9.88. The Morgan fingerprint density at radius 3 is 2.00 bits per heavy atom. The van der Waals surface area contributed by atoms with Crippen molar-refractivity contribution in [3.05, 3.63) is 0 Å². The molecule has 0 bridgehead atoms. The van der Waals surface area contributed by atoms with Crippen LogP contribution in [0.15, 0.2) is 5.16 Å². The largest absolute Gasteiger partial charge is 0.477 e. The van der Waals surface area contributed by atoms with Crippen molar-refractivity contribution in [1.82, 2.24) is 0 Å². The number of carbonyl (C=O) groups is 1. The number of carboxylic acids is 1. The van der Waals surface area contributed by atoms with Crippen LogP contribution in [0.4, 0.5) is 0 Å². The van der Waals surface area contributed by atoms with E-state index in [-0.39, 0.29) is 25.2 Å². The predicted octanol–water partition coefficient (Wildman–Crippen LogP) is -0.0814. The second-order valence-electron chi connectivity index (χ2n) is 0.991. The fourth-order valence-electron chi connectivity index (χ4n) is 0.0428. The van der Waals surface area contributed by atoms with Crippen molar-refractivity contribution in [2.75, 3.05) is 0 Å². The quantitative estimate of drug-likeness (QED) is 0.249. The molecular formula is C3H5NO3Zn. The average Bonchev–Trinajstić information content (AvgIpc) is 1.65. The van der Waals surface area contributed by atoms with Crippen LogP contribution < -0.4 is 0 Å². The molecule has 0 spiro atoms. The molecule has 0 amide bonds. The summed E-state index contributed by atoms with van der Waals surface area (Å²) in [6.07, 6.45) is 0. The molecule has 0 aliphatic carbocycles. The Balaban J connectivity index is 0. The number of hydrogen-bond acceptors (Lipinski definition) is 3. The van der Waals surface area contributed by atoms with Gasteiger partial charge < -0.3 is 10.3 Å². The van der Waals surface area contributed by atoms with Crippen LogP contribution in [0, 0.1) is 0 Å². The summed E-state index contributed by atoms with van der Waals surface area (Å²) in [5, 5.41) is 18.0. The number of oxime groups is 1. The maximum Gasteiger partial charge on any atom is 0.353 e. The zero-order valence-corrected chi connectivity index (χ0v) is 7.42. The third-order valence-electron chi connectivity index (χ3n) is 0.460. The summed E-state index contributed by atoms with van der Waals surface area (Å²) in [5.41, 5.74) is -0.306. The van der Waals surface area contributed by atoms with Gasteiger partial charge in [-0.2, -0.15) is 0 Å². The number of carboxylic acid groups (broad SMARTS) is 1. The average molecular weight is 168 g/mol. The maximum absolute atomic E-state index is 9.64. The van der Waals surface area contributed by atoms with Crippen LogP contribution in [-0.2, 0) is 24.3 Å². The van der Waals surface area contributed by atoms with Crippen LogP contribution >= 0.6 is 0 Å². The van der Waals surface area contributed by atoms with Crippen LogP contribution in [0.3, 0.4) is 0 Å². The summed E-state index contributed by atoms with van der Waals surface area (Å²) in [6, 6.07) is 0. The summed E-state index contributed by atoms with van der Waals surface area (Å²) in [7, 11) is 0. The second-order valence-corrected chi connectivity index (χ2v) is 0.991. The molecule has 0 radical (unpaired) electrons. The van der Waals surface area contributed by atoms with Crippen LogP contribution in [0.2, 0.25) is 0 Å². The molecule has 8 heavy (non-hydrogen) atoms. The molecule has 0 saturated carbocycles. The molecule has 0 aliphatic heterocycles. The first-order valence-corrected chi connectivity index (χ1v) is 1.60. The SMILES string of the molecule is CC(=NO)C(=O)O.[Zn]. The van der Waals surface area contributed by atoms with E-state index in [0.29, 0.717) is 0 Å². The van der Waals surface area contributed by atoms with Crippen molar-refractivity contribution in [1.29, 1.82) is 0 Å². The number of aliphatic carboxylic acids is 1. The van der Waals surface area contributed by atoms with Gasteiger partial charge in [-0.25, -0.2) is 4.79 Å². The molecule has 0 fully saturated rings. The van der Waals surface area contributed by atoms with Crippen molar-refractivity contribution in [3.63, 3.8) is 0 Å². The van der Waals surface area contributed by atoms with Crippen LogP contribution in [0.25, 0.3) is 0 Å². The molecule has 0 aromatic heterocycles. The van der Waals surface area contributed by atoms with Gasteiger partial charge in [0.05, 0.1) is 0 Å². The van der Waals surface area contributed by atoms with E-state index in [1.54, 1.807) is 0 Å². The molecule has 0 aromatic rings. The third kappa shape index (κ3) is 3.74. The van der Waals surface area contributed by atoms with Gasteiger partial charge in [0.2, 0.25) is 0 Å². The second kappa shape index (κ2) is 4.72. The number of nitrogens with zero attached hydrogens (tertiary/aromatic N) is 1. The van der Waals surface area contributed by atoms with E-state index in [4.69, 9.17) is 10.3 Å². The fraction of sp³-hybridized carbons (Fsp3) is 0.333. The zero-order chi connectivity index (χ0) is 5.86. The van der Waals surface area contributed by atoms with Gasteiger partial charge in [-0.15, -0.1) is 0 Å². The molecule has 0 aliphatic rings.